The number of nitrogens with one attached hydrogen (secondary N) is 1. The Morgan fingerprint density at radius 1 is 1.04 bits per heavy atom. The molecule has 0 unspecified atom stereocenters. The van der Waals surface area contributed by atoms with E-state index in [2.05, 4.69) is 5.32 Å². The van der Waals surface area contributed by atoms with Gasteiger partial charge in [0.15, 0.2) is 18.1 Å². The van der Waals surface area contributed by atoms with E-state index in [0.717, 1.165) is 5.56 Å². The molecule has 2 aromatic carbocycles. The van der Waals surface area contributed by atoms with Crippen LogP contribution in [0.1, 0.15) is 22.8 Å². The number of carboxylic acids is 1. The van der Waals surface area contributed by atoms with Gasteiger partial charge in [0.05, 0.1) is 12.2 Å². The van der Waals surface area contributed by atoms with Crippen LogP contribution >= 0.6 is 0 Å². The van der Waals surface area contributed by atoms with Crippen LogP contribution in [0, 0.1) is 0 Å². The largest absolute Gasteiger partial charge is 0.490 e. The smallest absolute Gasteiger partial charge is 0.335 e. The number of ether oxygens (including phenoxy) is 2. The van der Waals surface area contributed by atoms with Crippen LogP contribution in [0.3, 0.4) is 0 Å². The highest BCUT2D eigenvalue weighted by atomic mass is 16.5. The minimum atomic E-state index is -1.05. The van der Waals surface area contributed by atoms with E-state index in [1.54, 1.807) is 6.92 Å². The highest BCUT2D eigenvalue weighted by Crippen LogP contribution is 2.28. The second kappa shape index (κ2) is 8.57. The van der Waals surface area contributed by atoms with Gasteiger partial charge in [-0.15, -0.1) is 0 Å². The van der Waals surface area contributed by atoms with Crippen molar-refractivity contribution in [3.05, 3.63) is 59.7 Å². The third-order valence-electron chi connectivity index (χ3n) is 3.18. The number of hydrogen-bond donors (Lipinski definition) is 2. The lowest BCUT2D eigenvalue weighted by atomic mass is 10.2. The summed E-state index contributed by atoms with van der Waals surface area (Å²) in [5.74, 6) is -0.698. The average molecular weight is 329 g/mol. The molecule has 0 aliphatic rings. The van der Waals surface area contributed by atoms with Gasteiger partial charge in [0.1, 0.15) is 0 Å². The van der Waals surface area contributed by atoms with Gasteiger partial charge in [-0.1, -0.05) is 30.3 Å². The van der Waals surface area contributed by atoms with Crippen LogP contribution < -0.4 is 14.8 Å². The van der Waals surface area contributed by atoms with Crippen molar-refractivity contribution in [1.82, 2.24) is 5.32 Å². The summed E-state index contributed by atoms with van der Waals surface area (Å²) in [4.78, 5) is 22.9. The molecule has 0 saturated heterocycles. The molecule has 2 N–H and O–H groups in total. The van der Waals surface area contributed by atoms with E-state index in [0.29, 0.717) is 24.7 Å². The SMILES string of the molecule is CCOc1cc(C(=O)O)ccc1OCC(=O)NCc1ccccc1. The fourth-order valence-electron chi connectivity index (χ4n) is 2.02. The molecule has 0 fully saturated rings. The van der Waals surface area contributed by atoms with Crippen molar-refractivity contribution in [2.75, 3.05) is 13.2 Å². The van der Waals surface area contributed by atoms with Crippen LogP contribution in [0.5, 0.6) is 11.5 Å². The first-order chi connectivity index (χ1) is 11.6. The molecular formula is C18H19NO5. The summed E-state index contributed by atoms with van der Waals surface area (Å²) in [5.41, 5.74) is 1.09. The topological polar surface area (TPSA) is 84.9 Å². The maximum absolute atomic E-state index is 11.9. The van der Waals surface area contributed by atoms with Crippen LogP contribution in [0.4, 0.5) is 0 Å². The number of hydrogen-bond acceptors (Lipinski definition) is 4. The summed E-state index contributed by atoms with van der Waals surface area (Å²) in [6, 6.07) is 13.8. The van der Waals surface area contributed by atoms with Gasteiger partial charge in [-0.05, 0) is 30.7 Å². The molecule has 0 aliphatic heterocycles. The zero-order valence-electron chi connectivity index (χ0n) is 13.3. The second-order valence-corrected chi connectivity index (χ2v) is 4.95. The fourth-order valence-corrected chi connectivity index (χ4v) is 2.02. The minimum absolute atomic E-state index is 0.0966. The van der Waals surface area contributed by atoms with Crippen LogP contribution in [-0.2, 0) is 11.3 Å². The molecule has 0 aromatic heterocycles. The molecule has 126 valence electrons. The molecular weight excluding hydrogens is 310 g/mol. The van der Waals surface area contributed by atoms with Gasteiger partial charge in [0.2, 0.25) is 0 Å². The monoisotopic (exact) mass is 329 g/mol. The van der Waals surface area contributed by atoms with Gasteiger partial charge < -0.3 is 19.9 Å². The normalized spacial score (nSPS) is 10.0. The Morgan fingerprint density at radius 3 is 2.46 bits per heavy atom. The Kier molecular flexibility index (Phi) is 6.19. The summed E-state index contributed by atoms with van der Waals surface area (Å²) in [5, 5.41) is 11.8. The average Bonchev–Trinajstić information content (AvgIpc) is 2.60. The van der Waals surface area contributed by atoms with Gasteiger partial charge in [-0.3, -0.25) is 4.79 Å². The van der Waals surface area contributed by atoms with Gasteiger partial charge in [-0.2, -0.15) is 0 Å². The zero-order valence-corrected chi connectivity index (χ0v) is 13.3. The van der Waals surface area contributed by atoms with Crippen molar-refractivity contribution in [3.8, 4) is 11.5 Å². The Hall–Kier alpha value is -3.02. The van der Waals surface area contributed by atoms with Gasteiger partial charge in [0, 0.05) is 6.54 Å². The first-order valence-corrected chi connectivity index (χ1v) is 7.53. The first-order valence-electron chi connectivity index (χ1n) is 7.53. The van der Waals surface area contributed by atoms with Crippen LogP contribution in [-0.4, -0.2) is 30.2 Å². The molecule has 1 amide bonds. The van der Waals surface area contributed by atoms with Gasteiger partial charge in [0.25, 0.3) is 5.91 Å². The van der Waals surface area contributed by atoms with E-state index in [9.17, 15) is 9.59 Å². The minimum Gasteiger partial charge on any atom is -0.490 e. The molecule has 0 radical (unpaired) electrons. The quantitative estimate of drug-likeness (QED) is 0.777. The Balaban J connectivity index is 1.92. The molecule has 0 atom stereocenters. The molecule has 6 heteroatoms. The Morgan fingerprint density at radius 2 is 1.79 bits per heavy atom. The second-order valence-electron chi connectivity index (χ2n) is 4.95. The lowest BCUT2D eigenvalue weighted by molar-refractivity contribution is -0.123. The molecule has 0 aliphatic carbocycles. The maximum atomic E-state index is 11.9. The summed E-state index contributed by atoms with van der Waals surface area (Å²) in [7, 11) is 0. The maximum Gasteiger partial charge on any atom is 0.335 e. The molecule has 0 heterocycles. The van der Waals surface area contributed by atoms with E-state index in [1.807, 2.05) is 30.3 Å². The lowest BCUT2D eigenvalue weighted by Gasteiger charge is -2.12. The predicted molar refractivity (Wildman–Crippen MR) is 88.4 cm³/mol. The predicted octanol–water partition coefficient (Wildman–Crippen LogP) is 2.48. The van der Waals surface area contributed by atoms with Crippen molar-refractivity contribution < 1.29 is 24.2 Å². The molecule has 2 rings (SSSR count). The van der Waals surface area contributed by atoms with Crippen molar-refractivity contribution in [2.24, 2.45) is 0 Å². The molecule has 0 spiro atoms. The number of benzene rings is 2. The highest BCUT2D eigenvalue weighted by Gasteiger charge is 2.12. The first kappa shape index (κ1) is 17.3. The van der Waals surface area contributed by atoms with E-state index >= 15 is 0 Å². The van der Waals surface area contributed by atoms with Gasteiger partial charge >= 0.3 is 5.97 Å². The standard InChI is InChI=1S/C18H19NO5/c1-2-23-16-10-14(18(21)22)8-9-15(16)24-12-17(20)19-11-13-6-4-3-5-7-13/h3-10H,2,11-12H2,1H3,(H,19,20)(H,21,22). The number of rotatable bonds is 8. The molecule has 2 aromatic rings. The van der Waals surface area contributed by atoms with Crippen molar-refractivity contribution in [2.45, 2.75) is 13.5 Å². The molecule has 0 bridgehead atoms. The highest BCUT2D eigenvalue weighted by molar-refractivity contribution is 5.88. The fraction of sp³-hybridized carbons (Fsp3) is 0.222. The van der Waals surface area contributed by atoms with E-state index < -0.39 is 5.97 Å². The van der Waals surface area contributed by atoms with E-state index in [1.165, 1.54) is 18.2 Å². The number of aromatic carboxylic acids is 1. The van der Waals surface area contributed by atoms with E-state index in [-0.39, 0.29) is 18.1 Å². The third-order valence-corrected chi connectivity index (χ3v) is 3.18. The number of carboxylic acid groups (broad SMARTS) is 1. The summed E-state index contributed by atoms with van der Waals surface area (Å²) >= 11 is 0. The molecule has 24 heavy (non-hydrogen) atoms. The van der Waals surface area contributed by atoms with Crippen molar-refractivity contribution in [1.29, 1.82) is 0 Å². The molecule has 6 nitrogen and oxygen atoms in total. The Bertz CT molecular complexity index is 700. The van der Waals surface area contributed by atoms with Crippen molar-refractivity contribution in [3.63, 3.8) is 0 Å². The Labute approximate surface area is 140 Å². The van der Waals surface area contributed by atoms with Gasteiger partial charge in [-0.25, -0.2) is 4.79 Å². The lowest BCUT2D eigenvalue weighted by Crippen LogP contribution is -2.28. The van der Waals surface area contributed by atoms with Crippen LogP contribution in [0.15, 0.2) is 48.5 Å². The number of amides is 1. The summed E-state index contributed by atoms with van der Waals surface area (Å²) in [6.07, 6.45) is 0. The number of carbonyl (C=O) groups excluding carboxylic acids is 1. The van der Waals surface area contributed by atoms with Crippen LogP contribution in [0.25, 0.3) is 0 Å². The summed E-state index contributed by atoms with van der Waals surface area (Å²) in [6.45, 7) is 2.38. The number of carbonyl (C=O) groups is 2. The van der Waals surface area contributed by atoms with Crippen LogP contribution in [0.2, 0.25) is 0 Å². The zero-order chi connectivity index (χ0) is 17.4. The van der Waals surface area contributed by atoms with E-state index in [4.69, 9.17) is 14.6 Å². The summed E-state index contributed by atoms with van der Waals surface area (Å²) < 4.78 is 10.8. The van der Waals surface area contributed by atoms with Crippen molar-refractivity contribution >= 4 is 11.9 Å². The third kappa shape index (κ3) is 5.01. The molecule has 0 saturated carbocycles.